The van der Waals surface area contributed by atoms with E-state index in [1.807, 2.05) is 32.0 Å². The molecule has 1 amide bonds. The molecule has 0 fully saturated rings. The van der Waals surface area contributed by atoms with E-state index in [9.17, 15) is 9.59 Å². The van der Waals surface area contributed by atoms with Crippen molar-refractivity contribution in [3.8, 4) is 0 Å². The summed E-state index contributed by atoms with van der Waals surface area (Å²) < 4.78 is 0. The number of hydrogen-bond donors (Lipinski definition) is 2. The highest BCUT2D eigenvalue weighted by Gasteiger charge is 2.08. The van der Waals surface area contributed by atoms with Crippen molar-refractivity contribution < 1.29 is 14.7 Å². The van der Waals surface area contributed by atoms with E-state index in [0.717, 1.165) is 11.1 Å². The minimum absolute atomic E-state index is 0.0802. The molecule has 19 heavy (non-hydrogen) atoms. The highest BCUT2D eigenvalue weighted by atomic mass is 16.4. The molecule has 1 aromatic rings. The van der Waals surface area contributed by atoms with E-state index in [4.69, 9.17) is 5.11 Å². The van der Waals surface area contributed by atoms with Crippen LogP contribution in [-0.4, -0.2) is 23.0 Å². The quantitative estimate of drug-likeness (QED) is 0.799. The topological polar surface area (TPSA) is 66.4 Å². The number of benzene rings is 1. The second-order valence-corrected chi connectivity index (χ2v) is 4.70. The van der Waals surface area contributed by atoms with Crippen LogP contribution in [0.1, 0.15) is 30.0 Å². The fourth-order valence-electron chi connectivity index (χ4n) is 1.78. The van der Waals surface area contributed by atoms with Crippen molar-refractivity contribution in [2.24, 2.45) is 0 Å². The van der Waals surface area contributed by atoms with E-state index in [1.54, 1.807) is 13.0 Å². The zero-order valence-electron chi connectivity index (χ0n) is 11.4. The van der Waals surface area contributed by atoms with Crippen LogP contribution in [-0.2, 0) is 9.59 Å². The van der Waals surface area contributed by atoms with Crippen molar-refractivity contribution in [3.63, 3.8) is 0 Å². The maximum absolute atomic E-state index is 11.6. The Hall–Kier alpha value is -2.10. The monoisotopic (exact) mass is 261 g/mol. The largest absolute Gasteiger partial charge is 0.481 e. The molecule has 1 unspecified atom stereocenters. The van der Waals surface area contributed by atoms with Crippen molar-refractivity contribution in [1.29, 1.82) is 0 Å². The second-order valence-electron chi connectivity index (χ2n) is 4.70. The Balaban J connectivity index is 2.61. The molecule has 1 atom stereocenters. The Morgan fingerprint density at radius 1 is 1.37 bits per heavy atom. The standard InChI is InChI=1S/C15H19NO3/c1-10-4-5-13(11(2)8-10)6-7-14(17)16-12(3)9-15(18)19/h4-8,12H,9H2,1-3H3,(H,16,17)(H,18,19)/b7-6+. The van der Waals surface area contributed by atoms with E-state index in [2.05, 4.69) is 5.32 Å². The molecule has 1 rings (SSSR count). The number of rotatable bonds is 5. The van der Waals surface area contributed by atoms with Gasteiger partial charge in [-0.3, -0.25) is 9.59 Å². The first kappa shape index (κ1) is 15.0. The van der Waals surface area contributed by atoms with Crippen LogP contribution in [0.2, 0.25) is 0 Å². The van der Waals surface area contributed by atoms with Crippen LogP contribution >= 0.6 is 0 Å². The molecule has 0 saturated carbocycles. The molecule has 0 aliphatic heterocycles. The van der Waals surface area contributed by atoms with Gasteiger partial charge in [-0.1, -0.05) is 23.8 Å². The van der Waals surface area contributed by atoms with Gasteiger partial charge in [-0.05, 0) is 38.0 Å². The number of amides is 1. The number of aliphatic carboxylic acids is 1. The van der Waals surface area contributed by atoms with Gasteiger partial charge in [-0.2, -0.15) is 0 Å². The van der Waals surface area contributed by atoms with Crippen molar-refractivity contribution in [3.05, 3.63) is 41.0 Å². The predicted molar refractivity (Wildman–Crippen MR) is 74.8 cm³/mol. The van der Waals surface area contributed by atoms with Gasteiger partial charge in [0.25, 0.3) is 0 Å². The summed E-state index contributed by atoms with van der Waals surface area (Å²) in [6.45, 7) is 5.66. The van der Waals surface area contributed by atoms with E-state index >= 15 is 0 Å². The minimum Gasteiger partial charge on any atom is -0.481 e. The number of carbonyl (C=O) groups is 2. The molecule has 2 N–H and O–H groups in total. The SMILES string of the molecule is Cc1ccc(/C=C/C(=O)NC(C)CC(=O)O)c(C)c1. The van der Waals surface area contributed by atoms with Gasteiger partial charge in [0.15, 0.2) is 0 Å². The Labute approximate surface area is 113 Å². The number of nitrogens with one attached hydrogen (secondary N) is 1. The molecular weight excluding hydrogens is 242 g/mol. The summed E-state index contributed by atoms with van der Waals surface area (Å²) >= 11 is 0. The fraction of sp³-hybridized carbons (Fsp3) is 0.333. The van der Waals surface area contributed by atoms with Crippen molar-refractivity contribution in [1.82, 2.24) is 5.32 Å². The number of aryl methyl sites for hydroxylation is 2. The zero-order chi connectivity index (χ0) is 14.4. The van der Waals surface area contributed by atoms with Gasteiger partial charge < -0.3 is 10.4 Å². The van der Waals surface area contributed by atoms with Crippen LogP contribution in [0.4, 0.5) is 0 Å². The van der Waals surface area contributed by atoms with Gasteiger partial charge in [-0.25, -0.2) is 0 Å². The third-order valence-corrected chi connectivity index (χ3v) is 2.71. The number of carbonyl (C=O) groups excluding carboxylic acids is 1. The molecule has 0 aromatic heterocycles. The lowest BCUT2D eigenvalue weighted by molar-refractivity contribution is -0.137. The summed E-state index contributed by atoms with van der Waals surface area (Å²) in [5.74, 6) is -1.21. The van der Waals surface area contributed by atoms with Gasteiger partial charge in [0.2, 0.25) is 5.91 Å². The molecule has 0 radical (unpaired) electrons. The number of carboxylic acids is 1. The van der Waals surface area contributed by atoms with Crippen LogP contribution in [0.3, 0.4) is 0 Å². The minimum atomic E-state index is -0.925. The Morgan fingerprint density at radius 3 is 2.63 bits per heavy atom. The van der Waals surface area contributed by atoms with E-state index in [0.29, 0.717) is 0 Å². The van der Waals surface area contributed by atoms with E-state index < -0.39 is 5.97 Å². The third-order valence-electron chi connectivity index (χ3n) is 2.71. The molecular formula is C15H19NO3. The van der Waals surface area contributed by atoms with Crippen molar-refractivity contribution in [2.75, 3.05) is 0 Å². The molecule has 0 aliphatic carbocycles. The average Bonchev–Trinajstić information content (AvgIpc) is 2.26. The van der Waals surface area contributed by atoms with Gasteiger partial charge in [-0.15, -0.1) is 0 Å². The first-order valence-corrected chi connectivity index (χ1v) is 6.16. The normalized spacial score (nSPS) is 12.4. The fourth-order valence-corrected chi connectivity index (χ4v) is 1.78. The summed E-state index contributed by atoms with van der Waals surface area (Å²) in [4.78, 5) is 22.1. The number of hydrogen-bond acceptors (Lipinski definition) is 2. The molecule has 4 nitrogen and oxygen atoms in total. The van der Waals surface area contributed by atoms with Gasteiger partial charge in [0.05, 0.1) is 6.42 Å². The first-order chi connectivity index (χ1) is 8.88. The lowest BCUT2D eigenvalue weighted by Gasteiger charge is -2.09. The van der Waals surface area contributed by atoms with Crippen LogP contribution in [0, 0.1) is 13.8 Å². The van der Waals surface area contributed by atoms with Gasteiger partial charge in [0, 0.05) is 12.1 Å². The Morgan fingerprint density at radius 2 is 2.05 bits per heavy atom. The number of carboxylic acid groups (broad SMARTS) is 1. The zero-order valence-corrected chi connectivity index (χ0v) is 11.4. The molecule has 4 heteroatoms. The van der Waals surface area contributed by atoms with Gasteiger partial charge >= 0.3 is 5.97 Å². The van der Waals surface area contributed by atoms with Crippen molar-refractivity contribution in [2.45, 2.75) is 33.2 Å². The maximum Gasteiger partial charge on any atom is 0.305 e. The smallest absolute Gasteiger partial charge is 0.305 e. The average molecular weight is 261 g/mol. The summed E-state index contributed by atoms with van der Waals surface area (Å²) in [6.07, 6.45) is 3.08. The highest BCUT2D eigenvalue weighted by Crippen LogP contribution is 2.11. The van der Waals surface area contributed by atoms with Crippen molar-refractivity contribution >= 4 is 18.0 Å². The lowest BCUT2D eigenvalue weighted by atomic mass is 10.1. The highest BCUT2D eigenvalue weighted by molar-refractivity contribution is 5.92. The van der Waals surface area contributed by atoms with Gasteiger partial charge in [0.1, 0.15) is 0 Å². The van der Waals surface area contributed by atoms with Crippen LogP contribution < -0.4 is 5.32 Å². The molecule has 0 heterocycles. The second kappa shape index (κ2) is 6.73. The molecule has 1 aromatic carbocycles. The molecule has 0 spiro atoms. The maximum atomic E-state index is 11.6. The van der Waals surface area contributed by atoms with E-state index in [-0.39, 0.29) is 18.4 Å². The summed E-state index contributed by atoms with van der Waals surface area (Å²) in [6, 6.07) is 5.60. The molecule has 0 bridgehead atoms. The molecule has 102 valence electrons. The Kier molecular flexibility index (Phi) is 5.30. The van der Waals surface area contributed by atoms with E-state index in [1.165, 1.54) is 11.6 Å². The van der Waals surface area contributed by atoms with Crippen LogP contribution in [0.5, 0.6) is 0 Å². The predicted octanol–water partition coefficient (Wildman–Crippen LogP) is 2.30. The summed E-state index contributed by atoms with van der Waals surface area (Å²) in [7, 11) is 0. The molecule has 0 aliphatic rings. The third kappa shape index (κ3) is 5.38. The van der Waals surface area contributed by atoms with Crippen LogP contribution in [0.15, 0.2) is 24.3 Å². The first-order valence-electron chi connectivity index (χ1n) is 6.16. The van der Waals surface area contributed by atoms with Crippen LogP contribution in [0.25, 0.3) is 6.08 Å². The lowest BCUT2D eigenvalue weighted by Crippen LogP contribution is -2.32. The summed E-state index contributed by atoms with van der Waals surface area (Å²) in [5.41, 5.74) is 3.25. The summed E-state index contributed by atoms with van der Waals surface area (Å²) in [5, 5.41) is 11.2. The Bertz CT molecular complexity index is 506. The molecule has 0 saturated heterocycles.